The molecule has 1 aromatic carbocycles. The summed E-state index contributed by atoms with van der Waals surface area (Å²) in [6.45, 7) is 6.85. The molecule has 3 aromatic rings. The Morgan fingerprint density at radius 1 is 1.16 bits per heavy atom. The second-order valence-corrected chi connectivity index (χ2v) is 15.4. The van der Waals surface area contributed by atoms with Crippen LogP contribution >= 0.6 is 0 Å². The summed E-state index contributed by atoms with van der Waals surface area (Å²) in [6, 6.07) is 4.09. The Morgan fingerprint density at radius 3 is 2.56 bits per heavy atom. The summed E-state index contributed by atoms with van der Waals surface area (Å²) in [5.41, 5.74) is -0.0600. The average molecular weight is 721 g/mol. The molecule has 1 amide bonds. The van der Waals surface area contributed by atoms with Gasteiger partial charge in [0.1, 0.15) is 17.9 Å². The van der Waals surface area contributed by atoms with Crippen molar-refractivity contribution in [3.05, 3.63) is 54.4 Å². The fourth-order valence-electron chi connectivity index (χ4n) is 6.92. The minimum Gasteiger partial charge on any atom is -0.451 e. The van der Waals surface area contributed by atoms with Crippen LogP contribution in [0.2, 0.25) is 0 Å². The third-order valence-electron chi connectivity index (χ3n) is 9.66. The standard InChI is InChI=1S/C33H43F3N8O5S/c1-22(2)44(17-29(35)36)32(45)26-14-23(34)4-7-27(26)49-28-15-37-21-38-31(28)43-19-33(20-43)9-12-42(13-10-33)16-25-6-5-24(18-48-25)40-50(46,47)30-8-11-41(3)39-30/h4,7-8,11,14-15,21-22,24-25,29,40H,5-6,9-10,12-13,16-20H2,1-3H3/t24-,25+/m1/s1. The Morgan fingerprint density at radius 2 is 1.92 bits per heavy atom. The van der Waals surface area contributed by atoms with Gasteiger partial charge in [-0.1, -0.05) is 0 Å². The molecule has 0 saturated carbocycles. The van der Waals surface area contributed by atoms with Crippen LogP contribution in [-0.2, 0) is 21.8 Å². The number of carbonyl (C=O) groups is 1. The lowest BCUT2D eigenvalue weighted by molar-refractivity contribution is -0.0299. The molecule has 272 valence electrons. The number of nitrogens with zero attached hydrogens (tertiary/aromatic N) is 7. The van der Waals surface area contributed by atoms with E-state index in [1.807, 2.05) is 0 Å². The van der Waals surface area contributed by atoms with E-state index in [9.17, 15) is 26.4 Å². The smallest absolute Gasteiger partial charge is 0.260 e. The number of likely N-dealkylation sites (tertiary alicyclic amines) is 1. The van der Waals surface area contributed by atoms with Gasteiger partial charge in [0.15, 0.2) is 16.6 Å². The molecule has 13 nitrogen and oxygen atoms in total. The van der Waals surface area contributed by atoms with Crippen molar-refractivity contribution in [2.45, 2.75) is 69.2 Å². The van der Waals surface area contributed by atoms with Gasteiger partial charge >= 0.3 is 0 Å². The van der Waals surface area contributed by atoms with Gasteiger partial charge in [-0.15, -0.1) is 0 Å². The van der Waals surface area contributed by atoms with E-state index in [1.165, 1.54) is 29.3 Å². The number of nitrogens with one attached hydrogen (secondary N) is 1. The van der Waals surface area contributed by atoms with E-state index in [2.05, 4.69) is 29.6 Å². The minimum atomic E-state index is -3.70. The van der Waals surface area contributed by atoms with Crippen LogP contribution in [0.15, 0.2) is 48.0 Å². The summed E-state index contributed by atoms with van der Waals surface area (Å²) < 4.78 is 82.4. The normalized spacial score (nSPS) is 21.1. The minimum absolute atomic E-state index is 0.000857. The van der Waals surface area contributed by atoms with Crippen LogP contribution in [0.3, 0.4) is 0 Å². The highest BCUT2D eigenvalue weighted by Gasteiger charge is 2.46. The van der Waals surface area contributed by atoms with E-state index in [-0.39, 0.29) is 39.6 Å². The predicted octanol–water partition coefficient (Wildman–Crippen LogP) is 3.69. The zero-order valence-corrected chi connectivity index (χ0v) is 29.2. The number of aromatic nitrogens is 4. The summed E-state index contributed by atoms with van der Waals surface area (Å²) in [5, 5.41) is 3.99. The number of amides is 1. The van der Waals surface area contributed by atoms with E-state index >= 15 is 0 Å². The lowest BCUT2D eigenvalue weighted by atomic mass is 9.72. The van der Waals surface area contributed by atoms with Gasteiger partial charge in [-0.2, -0.15) is 5.10 Å². The van der Waals surface area contributed by atoms with Crippen molar-refractivity contribution < 1.29 is 35.9 Å². The summed E-state index contributed by atoms with van der Waals surface area (Å²) in [7, 11) is -2.03. The molecule has 3 aliphatic rings. The number of benzene rings is 1. The lowest BCUT2D eigenvalue weighted by Gasteiger charge is -2.54. The topological polar surface area (TPSA) is 135 Å². The molecular weight excluding hydrogens is 677 g/mol. The molecule has 2 atom stereocenters. The van der Waals surface area contributed by atoms with E-state index in [0.29, 0.717) is 18.8 Å². The highest BCUT2D eigenvalue weighted by Crippen LogP contribution is 2.45. The molecule has 6 rings (SSSR count). The quantitative estimate of drug-likeness (QED) is 0.295. The Balaban J connectivity index is 1.01. The van der Waals surface area contributed by atoms with Gasteiger partial charge < -0.3 is 24.2 Å². The van der Waals surface area contributed by atoms with Crippen molar-refractivity contribution in [3.8, 4) is 11.5 Å². The fourth-order valence-corrected chi connectivity index (χ4v) is 8.14. The number of rotatable bonds is 12. The number of piperidine rings is 1. The first-order valence-electron chi connectivity index (χ1n) is 16.8. The van der Waals surface area contributed by atoms with Crippen molar-refractivity contribution >= 4 is 21.7 Å². The van der Waals surface area contributed by atoms with Crippen LogP contribution in [0.5, 0.6) is 11.5 Å². The van der Waals surface area contributed by atoms with Crippen molar-refractivity contribution in [1.82, 2.24) is 34.3 Å². The lowest BCUT2D eigenvalue weighted by Crippen LogP contribution is -2.61. The zero-order valence-electron chi connectivity index (χ0n) is 28.3. The van der Waals surface area contributed by atoms with Gasteiger partial charge in [-0.25, -0.2) is 36.3 Å². The van der Waals surface area contributed by atoms with Crippen LogP contribution < -0.4 is 14.4 Å². The number of anilines is 1. The maximum Gasteiger partial charge on any atom is 0.260 e. The molecule has 50 heavy (non-hydrogen) atoms. The van der Waals surface area contributed by atoms with Gasteiger partial charge in [-0.05, 0) is 76.9 Å². The molecule has 17 heteroatoms. The number of sulfonamides is 1. The molecule has 3 fully saturated rings. The molecule has 5 heterocycles. The second kappa shape index (κ2) is 14.8. The summed E-state index contributed by atoms with van der Waals surface area (Å²) in [4.78, 5) is 27.3. The van der Waals surface area contributed by atoms with Crippen molar-refractivity contribution in [2.24, 2.45) is 12.5 Å². The molecule has 1 spiro atoms. The van der Waals surface area contributed by atoms with Crippen LogP contribution in [0.1, 0.15) is 49.9 Å². The molecule has 0 radical (unpaired) electrons. The second-order valence-electron chi connectivity index (χ2n) is 13.7. The largest absolute Gasteiger partial charge is 0.451 e. The van der Waals surface area contributed by atoms with Gasteiger partial charge in [-0.3, -0.25) is 9.48 Å². The number of hydrogen-bond donors (Lipinski definition) is 1. The Bertz CT molecular complexity index is 1750. The molecule has 1 N–H and O–H groups in total. The summed E-state index contributed by atoms with van der Waals surface area (Å²) in [6.07, 6.45) is 5.17. The Labute approximate surface area is 289 Å². The number of hydrogen-bond acceptors (Lipinski definition) is 10. The van der Waals surface area contributed by atoms with E-state index < -0.39 is 40.8 Å². The first kappa shape index (κ1) is 36.0. The number of alkyl halides is 2. The fraction of sp³-hybridized carbons (Fsp3) is 0.576. The monoisotopic (exact) mass is 720 g/mol. The highest BCUT2D eigenvalue weighted by atomic mass is 32.2. The average Bonchev–Trinajstić information content (AvgIpc) is 3.52. The third kappa shape index (κ3) is 8.22. The Kier molecular flexibility index (Phi) is 10.7. The third-order valence-corrected chi connectivity index (χ3v) is 11.1. The number of halogens is 3. The number of aryl methyl sites for hydroxylation is 1. The first-order valence-corrected chi connectivity index (χ1v) is 18.3. The molecule has 0 aliphatic carbocycles. The van der Waals surface area contributed by atoms with Crippen LogP contribution in [0.4, 0.5) is 19.0 Å². The maximum absolute atomic E-state index is 14.3. The molecule has 0 bridgehead atoms. The molecule has 2 aromatic heterocycles. The van der Waals surface area contributed by atoms with Crippen molar-refractivity contribution in [3.63, 3.8) is 0 Å². The van der Waals surface area contributed by atoms with Crippen LogP contribution in [0.25, 0.3) is 0 Å². The Hall–Kier alpha value is -3.80. The zero-order chi connectivity index (χ0) is 35.6. The SMILES string of the molecule is CC(C)N(CC(F)F)C(=O)c1cc(F)ccc1Oc1cncnc1N1CC2(CCN(C[C@@H]3CC[C@@H](NS(=O)(=O)c4ccn(C)n4)CO3)CC2)C1. The molecule has 3 aliphatic heterocycles. The van der Waals surface area contributed by atoms with E-state index in [4.69, 9.17) is 9.47 Å². The summed E-state index contributed by atoms with van der Waals surface area (Å²) >= 11 is 0. The van der Waals surface area contributed by atoms with Gasteiger partial charge in [0.05, 0.1) is 31.0 Å². The maximum atomic E-state index is 14.3. The van der Waals surface area contributed by atoms with Crippen LogP contribution in [0, 0.1) is 11.2 Å². The number of ether oxygens (including phenoxy) is 2. The molecular formula is C33H43F3N8O5S. The van der Waals surface area contributed by atoms with E-state index in [0.717, 1.165) is 69.0 Å². The molecule has 3 saturated heterocycles. The van der Waals surface area contributed by atoms with Crippen LogP contribution in [-0.4, -0.2) is 114 Å². The highest BCUT2D eigenvalue weighted by molar-refractivity contribution is 7.89. The van der Waals surface area contributed by atoms with Gasteiger partial charge in [0, 0.05) is 50.4 Å². The molecule has 0 unspecified atom stereocenters. The van der Waals surface area contributed by atoms with Crippen molar-refractivity contribution in [2.75, 3.05) is 50.8 Å². The van der Waals surface area contributed by atoms with Gasteiger partial charge in [0.25, 0.3) is 22.4 Å². The predicted molar refractivity (Wildman–Crippen MR) is 177 cm³/mol. The first-order chi connectivity index (χ1) is 23.8. The van der Waals surface area contributed by atoms with E-state index in [1.54, 1.807) is 27.1 Å². The summed E-state index contributed by atoms with van der Waals surface area (Å²) in [5.74, 6) is -0.608. The van der Waals surface area contributed by atoms with Gasteiger partial charge in [0.2, 0.25) is 0 Å². The number of carbonyl (C=O) groups excluding carboxylic acids is 1. The van der Waals surface area contributed by atoms with Crippen molar-refractivity contribution in [1.29, 1.82) is 0 Å².